The number of benzene rings is 1. The lowest BCUT2D eigenvalue weighted by Crippen LogP contribution is -2.47. The van der Waals surface area contributed by atoms with Gasteiger partial charge in [0.05, 0.1) is 5.69 Å². The minimum absolute atomic E-state index is 0.0815. The van der Waals surface area contributed by atoms with E-state index < -0.39 is 10.2 Å². The highest BCUT2D eigenvalue weighted by molar-refractivity contribution is 7.98. The minimum atomic E-state index is -4.04. The highest BCUT2D eigenvalue weighted by Gasteiger charge is 2.26. The first kappa shape index (κ1) is 22.8. The number of thioether (sulfide) groups is 1. The van der Waals surface area contributed by atoms with E-state index in [1.165, 1.54) is 16.2 Å². The molecule has 0 saturated carbocycles. The Kier molecular flexibility index (Phi) is 7.35. The van der Waals surface area contributed by atoms with Crippen LogP contribution in [0.15, 0.2) is 38.4 Å². The third-order valence-electron chi connectivity index (χ3n) is 3.80. The van der Waals surface area contributed by atoms with Gasteiger partial charge in [0.15, 0.2) is 11.1 Å². The van der Waals surface area contributed by atoms with Gasteiger partial charge < -0.3 is 21.1 Å². The molecule has 1 aromatic heterocycles. The minimum Gasteiger partial charge on any atom is -0.425 e. The van der Waals surface area contributed by atoms with Crippen molar-refractivity contribution in [3.63, 3.8) is 0 Å². The monoisotopic (exact) mass is 482 g/mol. The van der Waals surface area contributed by atoms with Crippen LogP contribution in [0, 0.1) is 12.3 Å². The van der Waals surface area contributed by atoms with E-state index in [-0.39, 0.29) is 17.9 Å². The van der Waals surface area contributed by atoms with Crippen LogP contribution in [0.3, 0.4) is 0 Å². The van der Waals surface area contributed by atoms with Gasteiger partial charge in [-0.05, 0) is 19.1 Å². The molecule has 1 aliphatic heterocycles. The summed E-state index contributed by atoms with van der Waals surface area (Å²) in [6.07, 6.45) is 0. The van der Waals surface area contributed by atoms with Crippen molar-refractivity contribution in [3.05, 3.63) is 40.9 Å². The second kappa shape index (κ2) is 9.98. The number of anilines is 1. The summed E-state index contributed by atoms with van der Waals surface area (Å²) in [4.78, 5) is 5.78. The molecule has 1 aromatic carbocycles. The first-order chi connectivity index (χ1) is 14.7. The molecule has 0 spiro atoms. The maximum absolute atomic E-state index is 12.0. The Bertz CT molecular complexity index is 1100. The number of aromatic nitrogens is 1. The van der Waals surface area contributed by atoms with Crippen LogP contribution in [0.2, 0.25) is 0 Å². The SMILES string of the molecule is Cc1ccc(OC2=NS(=O)(=O)N=C(NCCSCc3csc(NC(=N)N)n3)N2C)cc1. The van der Waals surface area contributed by atoms with Gasteiger partial charge in [-0.2, -0.15) is 20.2 Å². The van der Waals surface area contributed by atoms with E-state index >= 15 is 0 Å². The summed E-state index contributed by atoms with van der Waals surface area (Å²) in [5, 5.41) is 15.3. The van der Waals surface area contributed by atoms with Crippen molar-refractivity contribution in [2.75, 3.05) is 24.7 Å². The fourth-order valence-electron chi connectivity index (χ4n) is 2.35. The van der Waals surface area contributed by atoms with Crippen molar-refractivity contribution < 1.29 is 13.2 Å². The van der Waals surface area contributed by atoms with Crippen LogP contribution in [0.5, 0.6) is 5.75 Å². The van der Waals surface area contributed by atoms with Crippen molar-refractivity contribution in [1.29, 1.82) is 5.41 Å². The lowest BCUT2D eigenvalue weighted by atomic mass is 10.2. The molecule has 0 unspecified atom stereocenters. The van der Waals surface area contributed by atoms with Crippen LogP contribution < -0.4 is 21.1 Å². The molecule has 0 aliphatic carbocycles. The largest absolute Gasteiger partial charge is 0.425 e. The summed E-state index contributed by atoms with van der Waals surface area (Å²) in [6.45, 7) is 2.42. The van der Waals surface area contributed by atoms with E-state index in [9.17, 15) is 8.42 Å². The fraction of sp³-hybridized carbons (Fsp3) is 0.294. The lowest BCUT2D eigenvalue weighted by molar-refractivity contribution is 0.461. The maximum atomic E-state index is 12.0. The number of nitrogens with zero attached hydrogens (tertiary/aromatic N) is 4. The smallest absolute Gasteiger partial charge is 0.370 e. The van der Waals surface area contributed by atoms with Crippen molar-refractivity contribution in [2.45, 2.75) is 12.7 Å². The van der Waals surface area contributed by atoms with Gasteiger partial charge in [-0.3, -0.25) is 10.3 Å². The fourth-order valence-corrected chi connectivity index (χ4v) is 4.73. The Morgan fingerprint density at radius 2 is 2.06 bits per heavy atom. The molecule has 2 aromatic rings. The second-order valence-corrected chi connectivity index (χ2v) is 9.60. The number of rotatable bonds is 7. The third-order valence-corrected chi connectivity index (χ3v) is 6.39. The molecule has 14 heteroatoms. The normalized spacial score (nSPS) is 15.1. The molecule has 31 heavy (non-hydrogen) atoms. The standard InChI is InChI=1S/C17H22N8O3S3/c1-11-3-5-13(6-4-11)28-17-24-31(26,27)23-15(25(17)2)20-7-8-29-9-12-10-30-16(21-12)22-14(18)19/h3-6,10H,7-9H2,1-2H3,(H,20,23)(H4,18,19,21,22). The van der Waals surface area contributed by atoms with Gasteiger partial charge in [-0.1, -0.05) is 22.1 Å². The molecule has 0 radical (unpaired) electrons. The Labute approximate surface area is 188 Å². The number of thiazole rings is 1. The van der Waals surface area contributed by atoms with Crippen molar-refractivity contribution in [2.24, 2.45) is 14.5 Å². The number of ether oxygens (including phenoxy) is 1. The van der Waals surface area contributed by atoms with Gasteiger partial charge in [0.25, 0.3) is 0 Å². The molecule has 166 valence electrons. The number of hydrogen-bond acceptors (Lipinski definition) is 9. The number of guanidine groups is 2. The van der Waals surface area contributed by atoms with Gasteiger partial charge in [0, 0.05) is 30.5 Å². The number of nitrogens with two attached hydrogens (primary N) is 1. The van der Waals surface area contributed by atoms with Gasteiger partial charge in [-0.15, -0.1) is 15.7 Å². The molecule has 0 atom stereocenters. The summed E-state index contributed by atoms with van der Waals surface area (Å²) in [7, 11) is -2.41. The maximum Gasteiger partial charge on any atom is 0.370 e. The quantitative estimate of drug-likeness (QED) is 0.261. The van der Waals surface area contributed by atoms with Crippen LogP contribution in [-0.4, -0.2) is 55.6 Å². The van der Waals surface area contributed by atoms with Crippen LogP contribution in [0.1, 0.15) is 11.3 Å². The zero-order valence-corrected chi connectivity index (χ0v) is 19.3. The number of hydrogen-bond donors (Lipinski definition) is 4. The number of nitrogens with one attached hydrogen (secondary N) is 3. The summed E-state index contributed by atoms with van der Waals surface area (Å²) >= 11 is 2.99. The molecule has 3 rings (SSSR count). The van der Waals surface area contributed by atoms with Gasteiger partial charge in [0.1, 0.15) is 5.75 Å². The average Bonchev–Trinajstić information content (AvgIpc) is 3.13. The zero-order valence-electron chi connectivity index (χ0n) is 16.8. The summed E-state index contributed by atoms with van der Waals surface area (Å²) in [5.41, 5.74) is 7.21. The molecule has 5 N–H and O–H groups in total. The van der Waals surface area contributed by atoms with E-state index in [2.05, 4.69) is 24.4 Å². The van der Waals surface area contributed by atoms with Crippen LogP contribution in [0.4, 0.5) is 5.13 Å². The predicted molar refractivity (Wildman–Crippen MR) is 125 cm³/mol. The van der Waals surface area contributed by atoms with Crippen LogP contribution in [0.25, 0.3) is 0 Å². The third kappa shape index (κ3) is 6.83. The van der Waals surface area contributed by atoms with Crippen molar-refractivity contribution >= 4 is 56.4 Å². The first-order valence-electron chi connectivity index (χ1n) is 9.02. The molecule has 0 fully saturated rings. The Morgan fingerprint density at radius 1 is 1.32 bits per heavy atom. The van der Waals surface area contributed by atoms with Crippen LogP contribution >= 0.6 is 23.1 Å². The van der Waals surface area contributed by atoms with Gasteiger partial charge in [0.2, 0.25) is 5.96 Å². The highest BCUT2D eigenvalue weighted by Crippen LogP contribution is 2.19. The number of amidine groups is 1. The van der Waals surface area contributed by atoms with E-state index in [1.54, 1.807) is 30.9 Å². The van der Waals surface area contributed by atoms with Crippen LogP contribution in [-0.2, 0) is 16.0 Å². The van der Waals surface area contributed by atoms with Crippen molar-refractivity contribution in [1.82, 2.24) is 15.2 Å². The molecule has 11 nitrogen and oxygen atoms in total. The lowest BCUT2D eigenvalue weighted by Gasteiger charge is -2.25. The topological polar surface area (TPSA) is 158 Å². The summed E-state index contributed by atoms with van der Waals surface area (Å²) in [5.74, 6) is 1.82. The van der Waals surface area contributed by atoms with E-state index in [0.29, 0.717) is 28.9 Å². The highest BCUT2D eigenvalue weighted by atomic mass is 32.2. The van der Waals surface area contributed by atoms with Crippen molar-refractivity contribution in [3.8, 4) is 5.75 Å². The summed E-state index contributed by atoms with van der Waals surface area (Å²) < 4.78 is 37.0. The molecular formula is C17H22N8O3S3. The molecule has 0 saturated heterocycles. The summed E-state index contributed by atoms with van der Waals surface area (Å²) in [6, 6.07) is 7.12. The Balaban J connectivity index is 1.50. The first-order valence-corrected chi connectivity index (χ1v) is 12.4. The Morgan fingerprint density at radius 3 is 2.77 bits per heavy atom. The zero-order chi connectivity index (χ0) is 22.4. The molecular weight excluding hydrogens is 460 g/mol. The van der Waals surface area contributed by atoms with Gasteiger partial charge >= 0.3 is 16.2 Å². The van der Waals surface area contributed by atoms with Gasteiger partial charge in [-0.25, -0.2) is 4.98 Å². The molecule has 2 heterocycles. The molecule has 0 amide bonds. The predicted octanol–water partition coefficient (Wildman–Crippen LogP) is 1.56. The van der Waals surface area contributed by atoms with E-state index in [4.69, 9.17) is 15.9 Å². The second-order valence-electron chi connectivity index (χ2n) is 6.37. The Hall–Kier alpha value is -2.84. The molecule has 0 bridgehead atoms. The van der Waals surface area contributed by atoms with E-state index in [1.807, 2.05) is 24.4 Å². The molecule has 1 aliphatic rings. The average molecular weight is 483 g/mol. The van der Waals surface area contributed by atoms with E-state index in [0.717, 1.165) is 11.3 Å². The number of aryl methyl sites for hydroxylation is 1.